The molecular weight excluding hydrogens is 364 g/mol. The number of aromatic nitrogens is 2. The average Bonchev–Trinajstić information content (AvgIpc) is 3.52. The van der Waals surface area contributed by atoms with E-state index >= 15 is 0 Å². The summed E-state index contributed by atoms with van der Waals surface area (Å²) in [4.78, 5) is 31.3. The van der Waals surface area contributed by atoms with E-state index in [1.807, 2.05) is 64.2 Å². The second-order valence-electron chi connectivity index (χ2n) is 8.03. The number of benzene rings is 1. The molecule has 148 valence electrons. The molecule has 2 amide bonds. The zero-order valence-electron chi connectivity index (χ0n) is 16.3. The van der Waals surface area contributed by atoms with E-state index in [2.05, 4.69) is 10.3 Å². The van der Waals surface area contributed by atoms with Crippen LogP contribution in [0, 0.1) is 11.8 Å². The molecule has 6 heteroatoms. The van der Waals surface area contributed by atoms with Crippen molar-refractivity contribution in [1.29, 1.82) is 0 Å². The Morgan fingerprint density at radius 2 is 1.69 bits per heavy atom. The predicted octanol–water partition coefficient (Wildman–Crippen LogP) is 3.59. The second kappa shape index (κ2) is 7.35. The van der Waals surface area contributed by atoms with Gasteiger partial charge in [0.25, 0.3) is 0 Å². The molecule has 1 N–H and O–H groups in total. The van der Waals surface area contributed by atoms with Gasteiger partial charge in [0.2, 0.25) is 11.8 Å². The van der Waals surface area contributed by atoms with Crippen molar-refractivity contribution in [3.8, 4) is 11.3 Å². The largest absolute Gasteiger partial charge is 0.342 e. The van der Waals surface area contributed by atoms with Crippen LogP contribution in [-0.2, 0) is 9.59 Å². The number of hydrogen-bond donors (Lipinski definition) is 1. The topological polar surface area (TPSA) is 66.7 Å². The third-order valence-corrected chi connectivity index (χ3v) is 5.92. The SMILES string of the molecule is O=C(Nc1ccc(-c2cn3ccccc3n2)cc1)C1CCN(C(=O)C2CC2)CC1. The summed E-state index contributed by atoms with van der Waals surface area (Å²) in [6.07, 6.45) is 7.52. The number of pyridine rings is 1. The van der Waals surface area contributed by atoms with Crippen LogP contribution in [0.25, 0.3) is 16.9 Å². The molecule has 3 aromatic rings. The van der Waals surface area contributed by atoms with Crippen LogP contribution in [0.3, 0.4) is 0 Å². The van der Waals surface area contributed by atoms with Crippen molar-refractivity contribution in [3.63, 3.8) is 0 Å². The summed E-state index contributed by atoms with van der Waals surface area (Å²) in [6.45, 7) is 1.39. The van der Waals surface area contributed by atoms with Gasteiger partial charge >= 0.3 is 0 Å². The van der Waals surface area contributed by atoms with Gasteiger partial charge in [-0.05, 0) is 49.9 Å². The van der Waals surface area contributed by atoms with E-state index in [1.54, 1.807) is 0 Å². The number of imidazole rings is 1. The van der Waals surface area contributed by atoms with Gasteiger partial charge < -0.3 is 14.6 Å². The zero-order valence-corrected chi connectivity index (χ0v) is 16.3. The maximum Gasteiger partial charge on any atom is 0.227 e. The minimum absolute atomic E-state index is 0.0311. The number of amides is 2. The number of nitrogens with zero attached hydrogens (tertiary/aromatic N) is 3. The molecule has 0 radical (unpaired) electrons. The number of hydrogen-bond acceptors (Lipinski definition) is 3. The molecule has 1 aromatic carbocycles. The lowest BCUT2D eigenvalue weighted by Gasteiger charge is -2.31. The Kier molecular flexibility index (Phi) is 4.54. The summed E-state index contributed by atoms with van der Waals surface area (Å²) in [5, 5.41) is 3.03. The predicted molar refractivity (Wildman–Crippen MR) is 111 cm³/mol. The first-order valence-corrected chi connectivity index (χ1v) is 10.3. The number of likely N-dealkylation sites (tertiary alicyclic amines) is 1. The number of anilines is 1. The molecule has 3 heterocycles. The summed E-state index contributed by atoms with van der Waals surface area (Å²) >= 11 is 0. The number of carbonyl (C=O) groups excluding carboxylic acids is 2. The van der Waals surface area contributed by atoms with Gasteiger partial charge in [0.05, 0.1) is 5.69 Å². The second-order valence-corrected chi connectivity index (χ2v) is 8.03. The quantitative estimate of drug-likeness (QED) is 0.743. The molecule has 2 aromatic heterocycles. The molecule has 5 rings (SSSR count). The maximum atomic E-state index is 12.6. The van der Waals surface area contributed by atoms with Crippen molar-refractivity contribution < 1.29 is 9.59 Å². The van der Waals surface area contributed by atoms with Crippen LogP contribution in [0.2, 0.25) is 0 Å². The van der Waals surface area contributed by atoms with Crippen LogP contribution < -0.4 is 5.32 Å². The highest BCUT2D eigenvalue weighted by Crippen LogP contribution is 2.32. The molecule has 0 bridgehead atoms. The molecule has 1 aliphatic heterocycles. The first-order chi connectivity index (χ1) is 14.2. The van der Waals surface area contributed by atoms with Crippen LogP contribution in [-0.4, -0.2) is 39.2 Å². The molecule has 6 nitrogen and oxygen atoms in total. The standard InChI is InChI=1S/C23H24N4O2/c28-22(17-10-13-26(14-11-17)23(29)18-4-5-18)24-19-8-6-16(7-9-19)20-15-27-12-2-1-3-21(27)25-20/h1-3,6-9,12,15,17-18H,4-5,10-11,13-14H2,(H,24,28). The molecule has 1 saturated carbocycles. The third-order valence-electron chi connectivity index (χ3n) is 5.92. The monoisotopic (exact) mass is 388 g/mol. The molecule has 0 spiro atoms. The Balaban J connectivity index is 1.19. The Morgan fingerprint density at radius 1 is 0.931 bits per heavy atom. The fourth-order valence-corrected chi connectivity index (χ4v) is 3.99. The number of carbonyl (C=O) groups is 2. The van der Waals surface area contributed by atoms with Crippen LogP contribution in [0.15, 0.2) is 54.9 Å². The van der Waals surface area contributed by atoms with Crippen LogP contribution in [0.1, 0.15) is 25.7 Å². The van der Waals surface area contributed by atoms with Gasteiger partial charge in [-0.1, -0.05) is 18.2 Å². The molecule has 0 atom stereocenters. The lowest BCUT2D eigenvalue weighted by atomic mass is 9.95. The lowest BCUT2D eigenvalue weighted by Crippen LogP contribution is -2.42. The maximum absolute atomic E-state index is 12.6. The number of nitrogens with one attached hydrogen (secondary N) is 1. The van der Waals surface area contributed by atoms with Crippen molar-refractivity contribution in [1.82, 2.24) is 14.3 Å². The van der Waals surface area contributed by atoms with Crippen molar-refractivity contribution in [2.24, 2.45) is 11.8 Å². The smallest absolute Gasteiger partial charge is 0.227 e. The summed E-state index contributed by atoms with van der Waals surface area (Å²) in [5.41, 5.74) is 3.62. The van der Waals surface area contributed by atoms with E-state index < -0.39 is 0 Å². The van der Waals surface area contributed by atoms with E-state index in [0.29, 0.717) is 13.1 Å². The van der Waals surface area contributed by atoms with Gasteiger partial charge in [0, 0.05) is 48.6 Å². The number of piperidine rings is 1. The van der Waals surface area contributed by atoms with Crippen molar-refractivity contribution in [2.75, 3.05) is 18.4 Å². The van der Waals surface area contributed by atoms with Gasteiger partial charge in [-0.25, -0.2) is 4.98 Å². The molecule has 2 aliphatic rings. The van der Waals surface area contributed by atoms with Gasteiger partial charge in [-0.3, -0.25) is 9.59 Å². The van der Waals surface area contributed by atoms with Gasteiger partial charge in [-0.15, -0.1) is 0 Å². The van der Waals surface area contributed by atoms with Crippen molar-refractivity contribution >= 4 is 23.1 Å². The average molecular weight is 388 g/mol. The first-order valence-electron chi connectivity index (χ1n) is 10.3. The molecule has 29 heavy (non-hydrogen) atoms. The Hall–Kier alpha value is -3.15. The lowest BCUT2D eigenvalue weighted by molar-refractivity contribution is -0.135. The first kappa shape index (κ1) is 17.9. The van der Waals surface area contributed by atoms with E-state index in [9.17, 15) is 9.59 Å². The molecule has 0 unspecified atom stereocenters. The fourth-order valence-electron chi connectivity index (χ4n) is 3.99. The van der Waals surface area contributed by atoms with Crippen molar-refractivity contribution in [3.05, 3.63) is 54.9 Å². The van der Waals surface area contributed by atoms with Crippen molar-refractivity contribution in [2.45, 2.75) is 25.7 Å². The Bertz CT molecular complexity index is 1010. The van der Waals surface area contributed by atoms with Crippen LogP contribution in [0.5, 0.6) is 0 Å². The highest BCUT2D eigenvalue weighted by molar-refractivity contribution is 5.93. The van der Waals surface area contributed by atoms with E-state index in [-0.39, 0.29) is 23.7 Å². The van der Waals surface area contributed by atoms with E-state index in [1.165, 1.54) is 0 Å². The molecule has 1 aliphatic carbocycles. The summed E-state index contributed by atoms with van der Waals surface area (Å²) in [6, 6.07) is 13.7. The van der Waals surface area contributed by atoms with Gasteiger partial charge in [0.15, 0.2) is 0 Å². The Morgan fingerprint density at radius 3 is 2.38 bits per heavy atom. The van der Waals surface area contributed by atoms with Gasteiger partial charge in [-0.2, -0.15) is 0 Å². The molecular formula is C23H24N4O2. The zero-order chi connectivity index (χ0) is 19.8. The minimum atomic E-state index is -0.0311. The summed E-state index contributed by atoms with van der Waals surface area (Å²) in [5.74, 6) is 0.554. The molecule has 2 fully saturated rings. The van der Waals surface area contributed by atoms with E-state index in [4.69, 9.17) is 0 Å². The normalized spacial score (nSPS) is 17.4. The van der Waals surface area contributed by atoms with Crippen LogP contribution in [0.4, 0.5) is 5.69 Å². The van der Waals surface area contributed by atoms with E-state index in [0.717, 1.165) is 48.3 Å². The third kappa shape index (κ3) is 3.75. The number of rotatable bonds is 4. The number of fused-ring (bicyclic) bond motifs is 1. The Labute approximate surface area is 169 Å². The molecule has 1 saturated heterocycles. The minimum Gasteiger partial charge on any atom is -0.342 e. The highest BCUT2D eigenvalue weighted by atomic mass is 16.2. The summed E-state index contributed by atoms with van der Waals surface area (Å²) in [7, 11) is 0. The fraction of sp³-hybridized carbons (Fsp3) is 0.348. The van der Waals surface area contributed by atoms with Gasteiger partial charge in [0.1, 0.15) is 5.65 Å². The highest BCUT2D eigenvalue weighted by Gasteiger charge is 2.35. The van der Waals surface area contributed by atoms with Crippen LogP contribution >= 0.6 is 0 Å². The summed E-state index contributed by atoms with van der Waals surface area (Å²) < 4.78 is 1.99.